The average Bonchev–Trinajstić information content (AvgIpc) is 2.88. The quantitative estimate of drug-likeness (QED) is 0.721. The molecule has 1 atom stereocenters. The van der Waals surface area contributed by atoms with E-state index >= 15 is 0 Å². The second-order valence-electron chi connectivity index (χ2n) is 4.44. The summed E-state index contributed by atoms with van der Waals surface area (Å²) in [6.07, 6.45) is 4.60. The molecule has 0 N–H and O–H groups in total. The highest BCUT2D eigenvalue weighted by molar-refractivity contribution is 5.80. The van der Waals surface area contributed by atoms with Gasteiger partial charge in [-0.15, -0.1) is 0 Å². The maximum Gasteiger partial charge on any atom is 0.228 e. The van der Waals surface area contributed by atoms with Gasteiger partial charge in [0.25, 0.3) is 0 Å². The minimum absolute atomic E-state index is 0.0959. The number of hydrogen-bond donors (Lipinski definition) is 0. The van der Waals surface area contributed by atoms with Crippen LogP contribution in [0.5, 0.6) is 0 Å². The zero-order chi connectivity index (χ0) is 11.0. The lowest BCUT2D eigenvalue weighted by Crippen LogP contribution is -2.52. The molecule has 0 aliphatic carbocycles. The molecule has 3 heterocycles. The number of nitrogens with zero attached hydrogens (tertiary/aromatic N) is 3. The fourth-order valence-electron chi connectivity index (χ4n) is 2.29. The maximum atomic E-state index is 12.0. The topological polar surface area (TPSA) is 47.4 Å². The molecule has 16 heavy (non-hydrogen) atoms. The molecule has 2 saturated heterocycles. The summed E-state index contributed by atoms with van der Waals surface area (Å²) in [6.45, 7) is 2.91. The van der Waals surface area contributed by atoms with Crippen LogP contribution in [0.4, 0.5) is 0 Å². The van der Waals surface area contributed by atoms with Gasteiger partial charge in [-0.05, 0) is 12.5 Å². The van der Waals surface area contributed by atoms with Crippen molar-refractivity contribution in [3.05, 3.63) is 18.5 Å². The molecular weight excluding hydrogens is 206 g/mol. The van der Waals surface area contributed by atoms with Gasteiger partial charge in [-0.1, -0.05) is 0 Å². The predicted molar refractivity (Wildman–Crippen MR) is 56.8 cm³/mol. The van der Waals surface area contributed by atoms with Gasteiger partial charge in [0.2, 0.25) is 5.91 Å². The Hall–Kier alpha value is -1.36. The molecule has 0 bridgehead atoms. The highest BCUT2D eigenvalue weighted by atomic mass is 16.5. The van der Waals surface area contributed by atoms with E-state index in [1.807, 2.05) is 21.8 Å². The fraction of sp³-hybridized carbons (Fsp3) is 0.636. The summed E-state index contributed by atoms with van der Waals surface area (Å²) in [5.74, 6) is 0.347. The lowest BCUT2D eigenvalue weighted by Gasteiger charge is -2.40. The van der Waals surface area contributed by atoms with Crippen LogP contribution >= 0.6 is 0 Å². The summed E-state index contributed by atoms with van der Waals surface area (Å²) in [5, 5.41) is 4.18. The standard InChI is InChI=1S/C11H15N3O2/c15-11(9-2-5-16-8-9)13-6-10(7-13)14-4-1-3-12-14/h1,3-4,9-10H,2,5-8H2. The van der Waals surface area contributed by atoms with Gasteiger partial charge in [0.15, 0.2) is 0 Å². The Morgan fingerprint density at radius 2 is 2.31 bits per heavy atom. The first-order chi connectivity index (χ1) is 7.84. The molecular formula is C11H15N3O2. The Bertz CT molecular complexity index is 365. The van der Waals surface area contributed by atoms with E-state index in [0.717, 1.165) is 26.1 Å². The second-order valence-corrected chi connectivity index (χ2v) is 4.44. The summed E-state index contributed by atoms with van der Waals surface area (Å²) in [6, 6.07) is 2.27. The Kier molecular flexibility index (Phi) is 2.40. The number of hydrogen-bond acceptors (Lipinski definition) is 3. The van der Waals surface area contributed by atoms with Crippen molar-refractivity contribution in [1.82, 2.24) is 14.7 Å². The van der Waals surface area contributed by atoms with Crippen molar-refractivity contribution >= 4 is 5.91 Å². The first kappa shape index (κ1) is 9.84. The molecule has 2 aliphatic rings. The van der Waals surface area contributed by atoms with E-state index in [9.17, 15) is 4.79 Å². The molecule has 0 aromatic carbocycles. The van der Waals surface area contributed by atoms with E-state index in [2.05, 4.69) is 5.10 Å². The smallest absolute Gasteiger partial charge is 0.228 e. The van der Waals surface area contributed by atoms with Crippen LogP contribution in [-0.4, -0.2) is 46.9 Å². The van der Waals surface area contributed by atoms with E-state index < -0.39 is 0 Å². The summed E-state index contributed by atoms with van der Waals surface area (Å²) in [5.41, 5.74) is 0. The number of carbonyl (C=O) groups is 1. The van der Waals surface area contributed by atoms with E-state index in [1.165, 1.54) is 0 Å². The van der Waals surface area contributed by atoms with Crippen LogP contribution in [0, 0.1) is 5.92 Å². The molecule has 0 saturated carbocycles. The minimum atomic E-state index is 0.0959. The van der Waals surface area contributed by atoms with Crippen molar-refractivity contribution in [3.63, 3.8) is 0 Å². The molecule has 5 heteroatoms. The molecule has 86 valence electrons. The summed E-state index contributed by atoms with van der Waals surface area (Å²) in [7, 11) is 0. The Morgan fingerprint density at radius 3 is 2.94 bits per heavy atom. The molecule has 1 aromatic heterocycles. The van der Waals surface area contributed by atoms with Crippen LogP contribution < -0.4 is 0 Å². The van der Waals surface area contributed by atoms with Crippen LogP contribution in [0.25, 0.3) is 0 Å². The monoisotopic (exact) mass is 221 g/mol. The fourth-order valence-corrected chi connectivity index (χ4v) is 2.29. The van der Waals surface area contributed by atoms with Gasteiger partial charge in [0.1, 0.15) is 0 Å². The molecule has 1 aromatic rings. The highest BCUT2D eigenvalue weighted by Gasteiger charge is 2.36. The molecule has 5 nitrogen and oxygen atoms in total. The average molecular weight is 221 g/mol. The highest BCUT2D eigenvalue weighted by Crippen LogP contribution is 2.24. The third-order valence-electron chi connectivity index (χ3n) is 3.35. The van der Waals surface area contributed by atoms with Gasteiger partial charge < -0.3 is 9.64 Å². The van der Waals surface area contributed by atoms with Crippen LogP contribution in [0.15, 0.2) is 18.5 Å². The largest absolute Gasteiger partial charge is 0.381 e. The summed E-state index contributed by atoms with van der Waals surface area (Å²) in [4.78, 5) is 13.9. The number of rotatable bonds is 2. The van der Waals surface area contributed by atoms with E-state index in [4.69, 9.17) is 4.74 Å². The molecule has 3 rings (SSSR count). The molecule has 1 unspecified atom stereocenters. The third-order valence-corrected chi connectivity index (χ3v) is 3.35. The van der Waals surface area contributed by atoms with Gasteiger partial charge in [0.05, 0.1) is 18.6 Å². The second kappa shape index (κ2) is 3.90. The lowest BCUT2D eigenvalue weighted by atomic mass is 10.0. The van der Waals surface area contributed by atoms with Crippen LogP contribution in [0.2, 0.25) is 0 Å². The minimum Gasteiger partial charge on any atom is -0.381 e. The van der Waals surface area contributed by atoms with Crippen LogP contribution in [0.1, 0.15) is 12.5 Å². The Labute approximate surface area is 94.0 Å². The van der Waals surface area contributed by atoms with Gasteiger partial charge in [-0.3, -0.25) is 9.48 Å². The first-order valence-electron chi connectivity index (χ1n) is 5.70. The van der Waals surface area contributed by atoms with Crippen molar-refractivity contribution in [3.8, 4) is 0 Å². The number of carbonyl (C=O) groups excluding carboxylic acids is 1. The SMILES string of the molecule is O=C(C1CCOC1)N1CC(n2cccn2)C1. The van der Waals surface area contributed by atoms with Crippen molar-refractivity contribution in [2.45, 2.75) is 12.5 Å². The Balaban J connectivity index is 1.55. The zero-order valence-electron chi connectivity index (χ0n) is 9.08. The van der Waals surface area contributed by atoms with Gasteiger partial charge in [-0.25, -0.2) is 0 Å². The van der Waals surface area contributed by atoms with E-state index in [1.54, 1.807) is 6.20 Å². The third kappa shape index (κ3) is 1.61. The zero-order valence-corrected chi connectivity index (χ0v) is 9.08. The predicted octanol–water partition coefficient (Wildman–Crippen LogP) is 0.303. The number of ether oxygens (including phenoxy) is 1. The van der Waals surface area contributed by atoms with Crippen molar-refractivity contribution in [2.75, 3.05) is 26.3 Å². The van der Waals surface area contributed by atoms with Crippen molar-refractivity contribution in [2.24, 2.45) is 5.92 Å². The number of amides is 1. The van der Waals surface area contributed by atoms with E-state index in [0.29, 0.717) is 12.6 Å². The number of aromatic nitrogens is 2. The lowest BCUT2D eigenvalue weighted by molar-refractivity contribution is -0.141. The first-order valence-corrected chi connectivity index (χ1v) is 5.70. The van der Waals surface area contributed by atoms with Crippen molar-refractivity contribution in [1.29, 1.82) is 0 Å². The van der Waals surface area contributed by atoms with Crippen LogP contribution in [-0.2, 0) is 9.53 Å². The van der Waals surface area contributed by atoms with Crippen molar-refractivity contribution < 1.29 is 9.53 Å². The van der Waals surface area contributed by atoms with Gasteiger partial charge in [0, 0.05) is 32.1 Å². The summed E-state index contributed by atoms with van der Waals surface area (Å²) >= 11 is 0. The van der Waals surface area contributed by atoms with E-state index in [-0.39, 0.29) is 11.8 Å². The maximum absolute atomic E-state index is 12.0. The molecule has 0 radical (unpaired) electrons. The molecule has 2 fully saturated rings. The normalized spacial score (nSPS) is 25.8. The number of likely N-dealkylation sites (tertiary alicyclic amines) is 1. The molecule has 2 aliphatic heterocycles. The van der Waals surface area contributed by atoms with Gasteiger partial charge in [-0.2, -0.15) is 5.10 Å². The van der Waals surface area contributed by atoms with Crippen LogP contribution in [0.3, 0.4) is 0 Å². The van der Waals surface area contributed by atoms with Gasteiger partial charge >= 0.3 is 0 Å². The molecule has 1 amide bonds. The molecule has 0 spiro atoms. The Morgan fingerprint density at radius 1 is 1.44 bits per heavy atom. The summed E-state index contributed by atoms with van der Waals surface area (Å²) < 4.78 is 7.16.